The lowest BCUT2D eigenvalue weighted by molar-refractivity contribution is -0.143. The average molecular weight is 365 g/mol. The van der Waals surface area contributed by atoms with E-state index in [1.54, 1.807) is 12.3 Å². The molecule has 0 saturated carbocycles. The van der Waals surface area contributed by atoms with Crippen molar-refractivity contribution in [2.45, 2.75) is 37.8 Å². The van der Waals surface area contributed by atoms with Crippen LogP contribution in [0.5, 0.6) is 0 Å². The Morgan fingerprint density at radius 1 is 1.19 bits per heavy atom. The van der Waals surface area contributed by atoms with Crippen molar-refractivity contribution in [2.75, 3.05) is 19.7 Å². The molecule has 2 aromatic heterocycles. The first-order chi connectivity index (χ1) is 13.2. The lowest BCUT2D eigenvalue weighted by atomic mass is 9.82. The fourth-order valence-corrected chi connectivity index (χ4v) is 4.80. The molecule has 5 rings (SSSR count). The highest BCUT2D eigenvalue weighted by Gasteiger charge is 2.39. The highest BCUT2D eigenvalue weighted by atomic mass is 16.5. The first-order valence-corrected chi connectivity index (χ1v) is 9.75. The minimum absolute atomic E-state index is 0.0294. The van der Waals surface area contributed by atoms with Crippen LogP contribution in [-0.2, 0) is 16.1 Å². The number of fused-ring (bicyclic) bond motifs is 4. The Bertz CT molecular complexity index is 918. The van der Waals surface area contributed by atoms with Crippen molar-refractivity contribution in [1.82, 2.24) is 14.5 Å². The van der Waals surface area contributed by atoms with E-state index in [0.717, 1.165) is 42.8 Å². The highest BCUT2D eigenvalue weighted by molar-refractivity contribution is 5.81. The first-order valence-electron chi connectivity index (χ1n) is 9.75. The predicted molar refractivity (Wildman–Crippen MR) is 100 cm³/mol. The van der Waals surface area contributed by atoms with E-state index < -0.39 is 0 Å². The Hall–Kier alpha value is -2.47. The number of ether oxygens (including phenoxy) is 1. The van der Waals surface area contributed by atoms with Gasteiger partial charge in [0.15, 0.2) is 0 Å². The van der Waals surface area contributed by atoms with E-state index in [-0.39, 0.29) is 23.5 Å². The van der Waals surface area contributed by atoms with Gasteiger partial charge in [0.2, 0.25) is 0 Å². The number of carbonyl (C=O) groups excluding carboxylic acids is 1. The molecule has 0 aliphatic carbocycles. The number of aromatic nitrogens is 2. The number of pyridine rings is 2. The van der Waals surface area contributed by atoms with Crippen molar-refractivity contribution in [3.8, 4) is 11.3 Å². The number of likely N-dealkylation sites (tertiary alicyclic amines) is 1. The zero-order chi connectivity index (χ0) is 18.4. The van der Waals surface area contributed by atoms with Crippen LogP contribution in [0.3, 0.4) is 0 Å². The Balaban J connectivity index is 1.47. The Morgan fingerprint density at radius 3 is 2.89 bits per heavy atom. The van der Waals surface area contributed by atoms with Crippen molar-refractivity contribution in [3.63, 3.8) is 0 Å². The minimum atomic E-state index is -0.272. The maximum atomic E-state index is 12.8. The molecule has 6 heteroatoms. The van der Waals surface area contributed by atoms with Gasteiger partial charge in [-0.1, -0.05) is 6.07 Å². The Morgan fingerprint density at radius 2 is 2.11 bits per heavy atom. The molecule has 27 heavy (non-hydrogen) atoms. The molecule has 2 fully saturated rings. The quantitative estimate of drug-likeness (QED) is 0.817. The second-order valence-electron chi connectivity index (χ2n) is 7.88. The molecule has 3 atom stereocenters. The molecule has 3 aliphatic rings. The zero-order valence-corrected chi connectivity index (χ0v) is 15.2. The second-order valence-corrected chi connectivity index (χ2v) is 7.88. The van der Waals surface area contributed by atoms with Crippen molar-refractivity contribution in [1.29, 1.82) is 0 Å². The highest BCUT2D eigenvalue weighted by Crippen LogP contribution is 2.37. The third-order valence-corrected chi connectivity index (χ3v) is 6.03. The standard InChI is InChI=1S/C21H23N3O3/c25-20-10-15(17-4-1-2-6-22-17)9-18-16-8-14(12-24(18)20)11-23(13-16)21(26)19-5-3-7-27-19/h1-2,4,6,9-10,14,16,19H,3,5,7-8,11-13H2/t14-,16+,19+/m0/s1. The molecule has 0 aromatic carbocycles. The molecule has 0 unspecified atom stereocenters. The van der Waals surface area contributed by atoms with Crippen molar-refractivity contribution in [2.24, 2.45) is 5.92 Å². The minimum Gasteiger partial charge on any atom is -0.368 e. The second kappa shape index (κ2) is 6.60. The van der Waals surface area contributed by atoms with Gasteiger partial charge in [-0.3, -0.25) is 14.6 Å². The van der Waals surface area contributed by atoms with Gasteiger partial charge < -0.3 is 14.2 Å². The molecule has 1 amide bonds. The number of carbonyl (C=O) groups is 1. The third kappa shape index (κ3) is 2.98. The van der Waals surface area contributed by atoms with Crippen molar-refractivity contribution in [3.05, 3.63) is 52.6 Å². The Kier molecular flexibility index (Phi) is 4.08. The van der Waals surface area contributed by atoms with Gasteiger partial charge in [0, 0.05) is 55.7 Å². The molecule has 0 radical (unpaired) electrons. The lowest BCUT2D eigenvalue weighted by Gasteiger charge is -2.43. The van der Waals surface area contributed by atoms with Gasteiger partial charge in [-0.05, 0) is 43.4 Å². The fraction of sp³-hybridized carbons (Fsp3) is 0.476. The number of piperidine rings is 1. The molecule has 0 spiro atoms. The van der Waals surface area contributed by atoms with Crippen molar-refractivity contribution < 1.29 is 9.53 Å². The van der Waals surface area contributed by atoms with Crippen LogP contribution in [0, 0.1) is 5.92 Å². The topological polar surface area (TPSA) is 64.4 Å². The molecular weight excluding hydrogens is 342 g/mol. The van der Waals surface area contributed by atoms with Crippen LogP contribution in [-0.4, -0.2) is 46.2 Å². The van der Waals surface area contributed by atoms with Gasteiger partial charge in [-0.2, -0.15) is 0 Å². The van der Waals surface area contributed by atoms with E-state index in [9.17, 15) is 9.59 Å². The zero-order valence-electron chi connectivity index (χ0n) is 15.2. The summed E-state index contributed by atoms with van der Waals surface area (Å²) in [6, 6.07) is 9.49. The Labute approximate surface area is 157 Å². The monoisotopic (exact) mass is 365 g/mol. The van der Waals surface area contributed by atoms with Crippen LogP contribution in [0.25, 0.3) is 11.3 Å². The van der Waals surface area contributed by atoms with E-state index in [4.69, 9.17) is 4.74 Å². The van der Waals surface area contributed by atoms with Gasteiger partial charge in [-0.15, -0.1) is 0 Å². The predicted octanol–water partition coefficient (Wildman–Crippen LogP) is 2.04. The lowest BCUT2D eigenvalue weighted by Crippen LogP contribution is -2.51. The van der Waals surface area contributed by atoms with Crippen molar-refractivity contribution >= 4 is 5.91 Å². The van der Waals surface area contributed by atoms with E-state index in [1.807, 2.05) is 27.7 Å². The summed E-state index contributed by atoms with van der Waals surface area (Å²) in [5.41, 5.74) is 2.72. The summed E-state index contributed by atoms with van der Waals surface area (Å²) in [5, 5.41) is 0. The van der Waals surface area contributed by atoms with Gasteiger partial charge in [0.25, 0.3) is 11.5 Å². The largest absolute Gasteiger partial charge is 0.368 e. The molecule has 5 heterocycles. The number of rotatable bonds is 2. The fourth-order valence-electron chi connectivity index (χ4n) is 4.80. The number of amides is 1. The molecule has 140 valence electrons. The molecule has 2 bridgehead atoms. The summed E-state index contributed by atoms with van der Waals surface area (Å²) in [7, 11) is 0. The van der Waals surface area contributed by atoms with Crippen LogP contribution in [0.15, 0.2) is 41.3 Å². The normalized spacial score (nSPS) is 26.7. The van der Waals surface area contributed by atoms with Crippen LogP contribution < -0.4 is 5.56 Å². The first kappa shape index (κ1) is 16.7. The molecule has 0 N–H and O–H groups in total. The molecule has 6 nitrogen and oxygen atoms in total. The van der Waals surface area contributed by atoms with E-state index >= 15 is 0 Å². The smallest absolute Gasteiger partial charge is 0.251 e. The van der Waals surface area contributed by atoms with Gasteiger partial charge in [0.1, 0.15) is 6.10 Å². The van der Waals surface area contributed by atoms with Gasteiger partial charge in [0.05, 0.1) is 5.69 Å². The maximum Gasteiger partial charge on any atom is 0.251 e. The SMILES string of the molecule is O=C([C@H]1CCCO1)N1C[C@@H]2C[C@H](C1)c1cc(-c3ccccn3)cc(=O)n1C2. The molecular formula is C21H23N3O3. The third-order valence-electron chi connectivity index (χ3n) is 6.03. The van der Waals surface area contributed by atoms with Crippen LogP contribution in [0.4, 0.5) is 0 Å². The molecule has 3 aliphatic heterocycles. The summed E-state index contributed by atoms with van der Waals surface area (Å²) in [5.74, 6) is 0.651. The van der Waals surface area contributed by atoms with Gasteiger partial charge >= 0.3 is 0 Å². The summed E-state index contributed by atoms with van der Waals surface area (Å²) >= 11 is 0. The molecule has 2 saturated heterocycles. The van der Waals surface area contributed by atoms with E-state index in [2.05, 4.69) is 11.1 Å². The number of hydrogen-bond donors (Lipinski definition) is 0. The summed E-state index contributed by atoms with van der Waals surface area (Å²) in [6.07, 6.45) is 4.28. The van der Waals surface area contributed by atoms with Gasteiger partial charge in [-0.25, -0.2) is 0 Å². The maximum absolute atomic E-state index is 12.8. The van der Waals surface area contributed by atoms with Crippen LogP contribution in [0.2, 0.25) is 0 Å². The summed E-state index contributed by atoms with van der Waals surface area (Å²) in [4.78, 5) is 31.9. The number of nitrogens with zero attached hydrogens (tertiary/aromatic N) is 3. The van der Waals surface area contributed by atoms with E-state index in [1.165, 1.54) is 0 Å². The number of hydrogen-bond acceptors (Lipinski definition) is 4. The van der Waals surface area contributed by atoms with Crippen LogP contribution >= 0.6 is 0 Å². The van der Waals surface area contributed by atoms with Crippen LogP contribution in [0.1, 0.15) is 30.9 Å². The van der Waals surface area contributed by atoms with E-state index in [0.29, 0.717) is 25.6 Å². The average Bonchev–Trinajstić information content (AvgIpc) is 3.23. The molecule has 2 aromatic rings. The summed E-state index contributed by atoms with van der Waals surface area (Å²) < 4.78 is 7.50. The summed E-state index contributed by atoms with van der Waals surface area (Å²) in [6.45, 7) is 2.76.